The molecule has 0 radical (unpaired) electrons. The van der Waals surface area contributed by atoms with Crippen molar-refractivity contribution in [3.8, 4) is 5.75 Å². The molecule has 1 amide bonds. The Morgan fingerprint density at radius 2 is 1.39 bits per heavy atom. The molecular formula is C26H26N2O4S. The Hall–Kier alpha value is -3.42. The first kappa shape index (κ1) is 22.8. The van der Waals surface area contributed by atoms with Crippen LogP contribution in [0.25, 0.3) is 11.6 Å². The summed E-state index contributed by atoms with van der Waals surface area (Å²) in [5.74, 6) is 0.629. The van der Waals surface area contributed by atoms with Crippen molar-refractivity contribution in [1.29, 1.82) is 0 Å². The number of nitrogens with zero attached hydrogens (tertiary/aromatic N) is 2. The van der Waals surface area contributed by atoms with Crippen molar-refractivity contribution in [2.45, 2.75) is 4.90 Å². The monoisotopic (exact) mass is 462 g/mol. The normalized spacial score (nSPS) is 15.3. The van der Waals surface area contributed by atoms with E-state index in [1.165, 1.54) is 4.31 Å². The number of amides is 1. The van der Waals surface area contributed by atoms with Gasteiger partial charge in [-0.2, -0.15) is 4.31 Å². The van der Waals surface area contributed by atoms with Gasteiger partial charge < -0.3 is 9.64 Å². The second-order valence-corrected chi connectivity index (χ2v) is 9.64. The molecule has 33 heavy (non-hydrogen) atoms. The lowest BCUT2D eigenvalue weighted by Crippen LogP contribution is -2.50. The summed E-state index contributed by atoms with van der Waals surface area (Å²) in [5, 5.41) is 0. The number of piperazine rings is 1. The van der Waals surface area contributed by atoms with E-state index < -0.39 is 10.0 Å². The quantitative estimate of drug-likeness (QED) is 0.413. The maximum absolute atomic E-state index is 13.5. The average molecular weight is 463 g/mol. The van der Waals surface area contributed by atoms with E-state index in [9.17, 15) is 13.2 Å². The van der Waals surface area contributed by atoms with Crippen molar-refractivity contribution in [3.63, 3.8) is 0 Å². The maximum atomic E-state index is 13.5. The summed E-state index contributed by atoms with van der Waals surface area (Å²) in [4.78, 5) is 15.5. The topological polar surface area (TPSA) is 66.9 Å². The van der Waals surface area contributed by atoms with E-state index in [1.807, 2.05) is 60.7 Å². The number of carbonyl (C=O) groups excluding carboxylic acids is 1. The summed E-state index contributed by atoms with van der Waals surface area (Å²) in [5.41, 5.74) is 2.27. The van der Waals surface area contributed by atoms with Gasteiger partial charge in [-0.15, -0.1) is 0 Å². The highest BCUT2D eigenvalue weighted by Crippen LogP contribution is 2.24. The van der Waals surface area contributed by atoms with Crippen LogP contribution >= 0.6 is 0 Å². The van der Waals surface area contributed by atoms with E-state index in [4.69, 9.17) is 4.74 Å². The number of hydrogen-bond acceptors (Lipinski definition) is 4. The molecule has 1 heterocycles. The summed E-state index contributed by atoms with van der Waals surface area (Å²) in [7, 11) is -1.96. The molecule has 0 bridgehead atoms. The summed E-state index contributed by atoms with van der Waals surface area (Å²) in [6.45, 7) is 1.18. The average Bonchev–Trinajstić information content (AvgIpc) is 2.88. The van der Waals surface area contributed by atoms with Gasteiger partial charge in [-0.25, -0.2) is 8.42 Å². The first-order chi connectivity index (χ1) is 16.0. The van der Waals surface area contributed by atoms with Gasteiger partial charge in [0, 0.05) is 31.8 Å². The largest absolute Gasteiger partial charge is 0.497 e. The summed E-state index contributed by atoms with van der Waals surface area (Å²) < 4.78 is 32.5. The van der Waals surface area contributed by atoms with E-state index in [0.717, 1.165) is 16.9 Å². The SMILES string of the molecule is COc1ccc(/C=C(\C(=O)N2CCN(S(=O)(=O)c3ccccc3)CC2)c2ccccc2)cc1. The van der Waals surface area contributed by atoms with Gasteiger partial charge in [0.15, 0.2) is 0 Å². The number of sulfonamides is 1. The fourth-order valence-electron chi connectivity index (χ4n) is 3.80. The van der Waals surface area contributed by atoms with Crippen LogP contribution in [0.5, 0.6) is 5.75 Å². The molecule has 1 aliphatic heterocycles. The van der Waals surface area contributed by atoms with Crippen LogP contribution < -0.4 is 4.74 Å². The Labute approximate surface area is 194 Å². The Morgan fingerprint density at radius 3 is 1.97 bits per heavy atom. The molecule has 1 aliphatic rings. The molecule has 1 fully saturated rings. The summed E-state index contributed by atoms with van der Waals surface area (Å²) >= 11 is 0. The molecule has 0 atom stereocenters. The molecule has 4 rings (SSSR count). The first-order valence-corrected chi connectivity index (χ1v) is 12.2. The Balaban J connectivity index is 1.54. The van der Waals surface area contributed by atoms with E-state index in [0.29, 0.717) is 18.7 Å². The summed E-state index contributed by atoms with van der Waals surface area (Å²) in [6, 6.07) is 25.4. The van der Waals surface area contributed by atoms with Crippen LogP contribution in [-0.2, 0) is 14.8 Å². The Morgan fingerprint density at radius 1 is 0.818 bits per heavy atom. The van der Waals surface area contributed by atoms with Crippen LogP contribution in [0.1, 0.15) is 11.1 Å². The van der Waals surface area contributed by atoms with Gasteiger partial charge in [-0.05, 0) is 41.5 Å². The first-order valence-electron chi connectivity index (χ1n) is 10.7. The van der Waals surface area contributed by atoms with Crippen LogP contribution in [0.15, 0.2) is 89.8 Å². The zero-order valence-corrected chi connectivity index (χ0v) is 19.2. The van der Waals surface area contributed by atoms with Crippen LogP contribution in [0.2, 0.25) is 0 Å². The van der Waals surface area contributed by atoms with Crippen LogP contribution in [0.4, 0.5) is 0 Å². The van der Waals surface area contributed by atoms with Crippen LogP contribution in [0, 0.1) is 0 Å². The molecule has 0 unspecified atom stereocenters. The van der Waals surface area contributed by atoms with E-state index in [1.54, 1.807) is 42.3 Å². The third-order valence-electron chi connectivity index (χ3n) is 5.65. The van der Waals surface area contributed by atoms with Crippen LogP contribution in [-0.4, -0.2) is 56.8 Å². The molecule has 0 N–H and O–H groups in total. The smallest absolute Gasteiger partial charge is 0.254 e. The van der Waals surface area contributed by atoms with Crippen molar-refractivity contribution in [3.05, 3.63) is 96.1 Å². The maximum Gasteiger partial charge on any atom is 0.254 e. The van der Waals surface area contributed by atoms with Gasteiger partial charge >= 0.3 is 0 Å². The van der Waals surface area contributed by atoms with E-state index in [-0.39, 0.29) is 23.9 Å². The molecule has 170 valence electrons. The number of benzene rings is 3. The fourth-order valence-corrected chi connectivity index (χ4v) is 5.24. The van der Waals surface area contributed by atoms with Crippen molar-refractivity contribution in [1.82, 2.24) is 9.21 Å². The van der Waals surface area contributed by atoms with Gasteiger partial charge in [0.2, 0.25) is 10.0 Å². The number of methoxy groups -OCH3 is 1. The van der Waals surface area contributed by atoms with Crippen molar-refractivity contribution in [2.24, 2.45) is 0 Å². The Bertz CT molecular complexity index is 1220. The number of ether oxygens (including phenoxy) is 1. The molecule has 7 heteroatoms. The second-order valence-electron chi connectivity index (χ2n) is 7.71. The van der Waals surface area contributed by atoms with Gasteiger partial charge in [-0.3, -0.25) is 4.79 Å². The lowest BCUT2D eigenvalue weighted by Gasteiger charge is -2.34. The number of hydrogen-bond donors (Lipinski definition) is 0. The predicted octanol–water partition coefficient (Wildman–Crippen LogP) is 3.77. The molecule has 6 nitrogen and oxygen atoms in total. The minimum absolute atomic E-state index is 0.117. The highest BCUT2D eigenvalue weighted by Gasteiger charge is 2.31. The molecule has 0 aromatic heterocycles. The zero-order chi connectivity index (χ0) is 23.3. The van der Waals surface area contributed by atoms with E-state index in [2.05, 4.69) is 0 Å². The fraction of sp³-hybridized carbons (Fsp3) is 0.192. The van der Waals surface area contributed by atoms with Gasteiger partial charge in [0.25, 0.3) is 5.91 Å². The lowest BCUT2D eigenvalue weighted by molar-refractivity contribution is -0.126. The number of carbonyl (C=O) groups is 1. The minimum atomic E-state index is -3.57. The van der Waals surface area contributed by atoms with Gasteiger partial charge in [0.05, 0.1) is 12.0 Å². The third-order valence-corrected chi connectivity index (χ3v) is 7.56. The lowest BCUT2D eigenvalue weighted by atomic mass is 10.0. The van der Waals surface area contributed by atoms with Gasteiger partial charge in [0.1, 0.15) is 5.75 Å². The third kappa shape index (κ3) is 5.16. The standard InChI is InChI=1S/C26H26N2O4S/c1-32-23-14-12-21(13-15-23)20-25(22-8-4-2-5-9-22)26(29)27-16-18-28(19-17-27)33(30,31)24-10-6-3-7-11-24/h2-15,20H,16-19H2,1H3/b25-20-. The molecule has 1 saturated heterocycles. The van der Waals surface area contributed by atoms with E-state index >= 15 is 0 Å². The summed E-state index contributed by atoms with van der Waals surface area (Å²) in [6.07, 6.45) is 1.87. The predicted molar refractivity (Wildman–Crippen MR) is 129 cm³/mol. The second kappa shape index (κ2) is 10.0. The van der Waals surface area contributed by atoms with Crippen molar-refractivity contribution in [2.75, 3.05) is 33.3 Å². The highest BCUT2D eigenvalue weighted by atomic mass is 32.2. The van der Waals surface area contributed by atoms with Crippen molar-refractivity contribution < 1.29 is 17.9 Å². The number of rotatable bonds is 6. The molecule has 3 aromatic rings. The Kier molecular flexibility index (Phi) is 6.91. The molecular weight excluding hydrogens is 436 g/mol. The minimum Gasteiger partial charge on any atom is -0.497 e. The van der Waals surface area contributed by atoms with Crippen LogP contribution in [0.3, 0.4) is 0 Å². The zero-order valence-electron chi connectivity index (χ0n) is 18.4. The molecule has 3 aromatic carbocycles. The van der Waals surface area contributed by atoms with Gasteiger partial charge in [-0.1, -0.05) is 60.7 Å². The van der Waals surface area contributed by atoms with Crippen molar-refractivity contribution >= 4 is 27.6 Å². The molecule has 0 saturated carbocycles. The highest BCUT2D eigenvalue weighted by molar-refractivity contribution is 7.89. The molecule has 0 spiro atoms. The molecule has 0 aliphatic carbocycles.